The van der Waals surface area contributed by atoms with Gasteiger partial charge in [-0.1, -0.05) is 30.3 Å². The Hall–Kier alpha value is -3.92. The third kappa shape index (κ3) is 3.87. The molecule has 1 amide bonds. The standard InChI is InChI=1S/C22H18N4O3/c23-12-17-14-25(19-10-11-19)22(29)26(21(17)28)13-15-6-8-16(9-7-15)20(27)24-18-4-2-1-3-5-18/h1-9,14,19H,10-11,13H2,(H,24,27). The van der Waals surface area contributed by atoms with Gasteiger partial charge >= 0.3 is 5.69 Å². The van der Waals surface area contributed by atoms with Crippen LogP contribution in [-0.2, 0) is 6.54 Å². The number of nitriles is 1. The number of hydrogen-bond donors (Lipinski definition) is 1. The molecule has 0 spiro atoms. The molecule has 144 valence electrons. The first-order valence-electron chi connectivity index (χ1n) is 9.28. The smallest absolute Gasteiger partial charge is 0.322 e. The first-order chi connectivity index (χ1) is 14.1. The minimum Gasteiger partial charge on any atom is -0.322 e. The van der Waals surface area contributed by atoms with E-state index in [-0.39, 0.29) is 24.1 Å². The Morgan fingerprint density at radius 3 is 2.38 bits per heavy atom. The summed E-state index contributed by atoms with van der Waals surface area (Å²) in [7, 11) is 0. The van der Waals surface area contributed by atoms with Crippen LogP contribution in [0.5, 0.6) is 0 Å². The molecule has 1 aliphatic carbocycles. The minimum absolute atomic E-state index is 0.0422. The summed E-state index contributed by atoms with van der Waals surface area (Å²) < 4.78 is 2.55. The number of amides is 1. The number of carbonyl (C=O) groups is 1. The van der Waals surface area contributed by atoms with Crippen LogP contribution in [0, 0.1) is 11.3 Å². The Kier molecular flexibility index (Phi) is 4.83. The molecule has 0 bridgehead atoms. The molecule has 0 unspecified atom stereocenters. The maximum absolute atomic E-state index is 12.7. The zero-order valence-electron chi connectivity index (χ0n) is 15.5. The maximum Gasteiger partial charge on any atom is 0.331 e. The first-order valence-corrected chi connectivity index (χ1v) is 9.28. The van der Waals surface area contributed by atoms with Gasteiger partial charge in [-0.25, -0.2) is 4.79 Å². The van der Waals surface area contributed by atoms with Crippen LogP contribution in [0.1, 0.15) is 40.4 Å². The summed E-state index contributed by atoms with van der Waals surface area (Å²) in [6.07, 6.45) is 3.10. The predicted molar refractivity (Wildman–Crippen MR) is 108 cm³/mol. The van der Waals surface area contributed by atoms with Crippen molar-refractivity contribution in [2.24, 2.45) is 0 Å². The van der Waals surface area contributed by atoms with Crippen LogP contribution >= 0.6 is 0 Å². The summed E-state index contributed by atoms with van der Waals surface area (Å²) in [6, 6.07) is 17.8. The van der Waals surface area contributed by atoms with Crippen molar-refractivity contribution in [3.63, 3.8) is 0 Å². The van der Waals surface area contributed by atoms with Gasteiger partial charge in [-0.3, -0.25) is 18.7 Å². The lowest BCUT2D eigenvalue weighted by Crippen LogP contribution is -2.40. The number of para-hydroxylation sites is 1. The largest absolute Gasteiger partial charge is 0.331 e. The van der Waals surface area contributed by atoms with Gasteiger partial charge in [0.1, 0.15) is 11.6 Å². The van der Waals surface area contributed by atoms with Gasteiger partial charge in [0.2, 0.25) is 0 Å². The van der Waals surface area contributed by atoms with E-state index in [4.69, 9.17) is 0 Å². The number of rotatable bonds is 5. The topological polar surface area (TPSA) is 96.9 Å². The maximum atomic E-state index is 12.7. The molecule has 1 saturated carbocycles. The van der Waals surface area contributed by atoms with Crippen molar-refractivity contribution in [1.29, 1.82) is 5.26 Å². The van der Waals surface area contributed by atoms with E-state index in [0.29, 0.717) is 16.8 Å². The van der Waals surface area contributed by atoms with Crippen LogP contribution in [0.3, 0.4) is 0 Å². The molecule has 7 nitrogen and oxygen atoms in total. The van der Waals surface area contributed by atoms with E-state index in [9.17, 15) is 19.6 Å². The molecule has 4 rings (SSSR count). The molecule has 2 aromatic carbocycles. The van der Waals surface area contributed by atoms with Crippen LogP contribution < -0.4 is 16.6 Å². The van der Waals surface area contributed by atoms with Crippen LogP contribution in [-0.4, -0.2) is 15.0 Å². The first kappa shape index (κ1) is 18.4. The van der Waals surface area contributed by atoms with Gasteiger partial charge in [0.25, 0.3) is 11.5 Å². The molecule has 0 saturated heterocycles. The lowest BCUT2D eigenvalue weighted by atomic mass is 10.1. The van der Waals surface area contributed by atoms with E-state index in [2.05, 4.69) is 5.32 Å². The highest BCUT2D eigenvalue weighted by molar-refractivity contribution is 6.04. The summed E-state index contributed by atoms with van der Waals surface area (Å²) in [6.45, 7) is 0.0422. The van der Waals surface area contributed by atoms with Crippen molar-refractivity contribution in [2.45, 2.75) is 25.4 Å². The number of carbonyl (C=O) groups excluding carboxylic acids is 1. The molecule has 0 atom stereocenters. The van der Waals surface area contributed by atoms with Gasteiger partial charge in [-0.15, -0.1) is 0 Å². The number of aromatic nitrogens is 2. The van der Waals surface area contributed by atoms with E-state index in [1.54, 1.807) is 36.4 Å². The van der Waals surface area contributed by atoms with Crippen molar-refractivity contribution in [2.75, 3.05) is 5.32 Å². The molecular weight excluding hydrogens is 368 g/mol. The van der Waals surface area contributed by atoms with Gasteiger partial charge in [0.15, 0.2) is 0 Å². The van der Waals surface area contributed by atoms with E-state index in [0.717, 1.165) is 17.4 Å². The second kappa shape index (κ2) is 7.60. The molecule has 1 heterocycles. The highest BCUT2D eigenvalue weighted by atomic mass is 16.2. The lowest BCUT2D eigenvalue weighted by molar-refractivity contribution is 0.102. The average Bonchev–Trinajstić information content (AvgIpc) is 3.58. The van der Waals surface area contributed by atoms with E-state index < -0.39 is 11.2 Å². The second-order valence-corrected chi connectivity index (χ2v) is 6.98. The van der Waals surface area contributed by atoms with Crippen molar-refractivity contribution in [3.05, 3.63) is 98.3 Å². The number of benzene rings is 2. The fourth-order valence-corrected chi connectivity index (χ4v) is 3.12. The van der Waals surface area contributed by atoms with Crippen LogP contribution in [0.15, 0.2) is 70.4 Å². The summed E-state index contributed by atoms with van der Waals surface area (Å²) in [4.78, 5) is 37.5. The molecule has 1 aromatic heterocycles. The SMILES string of the molecule is N#Cc1cn(C2CC2)c(=O)n(Cc2ccc(C(=O)Nc3ccccc3)cc2)c1=O. The highest BCUT2D eigenvalue weighted by Crippen LogP contribution is 2.33. The highest BCUT2D eigenvalue weighted by Gasteiger charge is 2.26. The second-order valence-electron chi connectivity index (χ2n) is 6.98. The fourth-order valence-electron chi connectivity index (χ4n) is 3.12. The summed E-state index contributed by atoms with van der Waals surface area (Å²) in [5.41, 5.74) is 0.796. The van der Waals surface area contributed by atoms with Gasteiger partial charge in [-0.05, 0) is 42.7 Å². The minimum atomic E-state index is -0.597. The van der Waals surface area contributed by atoms with Gasteiger partial charge in [-0.2, -0.15) is 5.26 Å². The van der Waals surface area contributed by atoms with Crippen molar-refractivity contribution in [1.82, 2.24) is 9.13 Å². The Morgan fingerprint density at radius 1 is 1.07 bits per heavy atom. The van der Waals surface area contributed by atoms with E-state index in [1.807, 2.05) is 24.3 Å². The van der Waals surface area contributed by atoms with Crippen molar-refractivity contribution >= 4 is 11.6 Å². The summed E-state index contributed by atoms with van der Waals surface area (Å²) in [5, 5.41) is 12.0. The Morgan fingerprint density at radius 2 is 1.76 bits per heavy atom. The van der Waals surface area contributed by atoms with Crippen molar-refractivity contribution < 1.29 is 4.79 Å². The predicted octanol–water partition coefficient (Wildman–Crippen LogP) is 2.52. The molecule has 3 aromatic rings. The third-order valence-corrected chi connectivity index (χ3v) is 4.84. The molecular formula is C22H18N4O3. The Bertz CT molecular complexity index is 1210. The molecule has 1 fully saturated rings. The normalized spacial score (nSPS) is 12.9. The quantitative estimate of drug-likeness (QED) is 0.729. The number of hydrogen-bond acceptors (Lipinski definition) is 4. The molecule has 1 aliphatic rings. The Labute approximate surface area is 166 Å². The van der Waals surface area contributed by atoms with E-state index in [1.165, 1.54) is 10.8 Å². The Balaban J connectivity index is 1.57. The average molecular weight is 386 g/mol. The van der Waals surface area contributed by atoms with Crippen molar-refractivity contribution in [3.8, 4) is 6.07 Å². The number of nitrogens with one attached hydrogen (secondary N) is 1. The lowest BCUT2D eigenvalue weighted by Gasteiger charge is -2.11. The molecule has 0 aliphatic heterocycles. The summed E-state index contributed by atoms with van der Waals surface area (Å²) >= 11 is 0. The van der Waals surface area contributed by atoms with Crippen LogP contribution in [0.4, 0.5) is 5.69 Å². The zero-order chi connectivity index (χ0) is 20.4. The van der Waals surface area contributed by atoms with Crippen LogP contribution in [0.25, 0.3) is 0 Å². The van der Waals surface area contributed by atoms with Gasteiger partial charge in [0.05, 0.1) is 6.54 Å². The van der Waals surface area contributed by atoms with Gasteiger partial charge < -0.3 is 5.32 Å². The molecule has 0 radical (unpaired) electrons. The number of nitrogens with zero attached hydrogens (tertiary/aromatic N) is 3. The molecule has 7 heteroatoms. The molecule has 29 heavy (non-hydrogen) atoms. The third-order valence-electron chi connectivity index (χ3n) is 4.84. The molecule has 1 N–H and O–H groups in total. The number of anilines is 1. The van der Waals surface area contributed by atoms with Gasteiger partial charge in [0, 0.05) is 23.5 Å². The van der Waals surface area contributed by atoms with Crippen LogP contribution in [0.2, 0.25) is 0 Å². The monoisotopic (exact) mass is 386 g/mol. The fraction of sp³-hybridized carbons (Fsp3) is 0.182. The van der Waals surface area contributed by atoms with E-state index >= 15 is 0 Å². The summed E-state index contributed by atoms with van der Waals surface area (Å²) in [5.74, 6) is -0.248. The zero-order valence-corrected chi connectivity index (χ0v) is 15.5.